The lowest BCUT2D eigenvalue weighted by Gasteiger charge is -2.20. The van der Waals surface area contributed by atoms with Crippen LogP contribution in [0.5, 0.6) is 0 Å². The van der Waals surface area contributed by atoms with E-state index in [2.05, 4.69) is 41.4 Å². The molecule has 0 radical (unpaired) electrons. The van der Waals surface area contributed by atoms with Crippen LogP contribution in [0, 0.1) is 13.8 Å². The standard InChI is InChI=1S/C14H20N4/c1-5-15-14(13-8-9-16-18(13)4)12-7-6-10(2)17-11(12)3/h6-9,14-15H,5H2,1-4H3. The molecule has 0 amide bonds. The molecule has 2 aromatic heterocycles. The minimum absolute atomic E-state index is 0.149. The topological polar surface area (TPSA) is 42.7 Å². The van der Waals surface area contributed by atoms with Crippen molar-refractivity contribution in [3.8, 4) is 0 Å². The second-order valence-electron chi connectivity index (χ2n) is 4.50. The van der Waals surface area contributed by atoms with Gasteiger partial charge in [0.2, 0.25) is 0 Å². The highest BCUT2D eigenvalue weighted by atomic mass is 15.3. The van der Waals surface area contributed by atoms with Gasteiger partial charge >= 0.3 is 0 Å². The van der Waals surface area contributed by atoms with Crippen molar-refractivity contribution in [3.05, 3.63) is 47.0 Å². The molecule has 2 heterocycles. The van der Waals surface area contributed by atoms with Gasteiger partial charge < -0.3 is 5.32 Å². The minimum Gasteiger partial charge on any atom is -0.305 e. The fourth-order valence-electron chi connectivity index (χ4n) is 2.25. The van der Waals surface area contributed by atoms with E-state index in [0.717, 1.165) is 23.6 Å². The smallest absolute Gasteiger partial charge is 0.0765 e. The van der Waals surface area contributed by atoms with Crippen molar-refractivity contribution >= 4 is 0 Å². The van der Waals surface area contributed by atoms with Gasteiger partial charge in [-0.1, -0.05) is 13.0 Å². The molecule has 2 aromatic rings. The van der Waals surface area contributed by atoms with Gasteiger partial charge in [0.15, 0.2) is 0 Å². The Kier molecular flexibility index (Phi) is 3.77. The molecule has 0 aliphatic rings. The predicted octanol–water partition coefficient (Wildman–Crippen LogP) is 2.13. The Morgan fingerprint density at radius 2 is 2.06 bits per heavy atom. The molecule has 2 rings (SSSR count). The van der Waals surface area contributed by atoms with E-state index in [0.29, 0.717) is 0 Å². The predicted molar refractivity (Wildman–Crippen MR) is 72.4 cm³/mol. The Bertz CT molecular complexity index is 530. The van der Waals surface area contributed by atoms with Gasteiger partial charge in [-0.25, -0.2) is 0 Å². The molecular formula is C14H20N4. The van der Waals surface area contributed by atoms with E-state index in [1.807, 2.05) is 30.9 Å². The molecule has 0 fully saturated rings. The fourth-order valence-corrected chi connectivity index (χ4v) is 2.25. The number of hydrogen-bond donors (Lipinski definition) is 1. The molecule has 0 spiro atoms. The first kappa shape index (κ1) is 12.8. The zero-order valence-electron chi connectivity index (χ0n) is 11.4. The lowest BCUT2D eigenvalue weighted by Crippen LogP contribution is -2.25. The third-order valence-electron chi connectivity index (χ3n) is 3.14. The highest BCUT2D eigenvalue weighted by Gasteiger charge is 2.18. The first-order valence-electron chi connectivity index (χ1n) is 6.29. The molecule has 18 heavy (non-hydrogen) atoms. The SMILES string of the molecule is CCNC(c1ccc(C)nc1C)c1ccnn1C. The highest BCUT2D eigenvalue weighted by molar-refractivity contribution is 5.31. The van der Waals surface area contributed by atoms with Gasteiger partial charge in [-0.2, -0.15) is 5.10 Å². The highest BCUT2D eigenvalue weighted by Crippen LogP contribution is 2.23. The van der Waals surface area contributed by atoms with Crippen molar-refractivity contribution in [2.24, 2.45) is 7.05 Å². The minimum atomic E-state index is 0.149. The maximum absolute atomic E-state index is 4.55. The summed E-state index contributed by atoms with van der Waals surface area (Å²) < 4.78 is 1.91. The van der Waals surface area contributed by atoms with Gasteiger partial charge in [-0.15, -0.1) is 0 Å². The third kappa shape index (κ3) is 2.43. The zero-order chi connectivity index (χ0) is 13.1. The quantitative estimate of drug-likeness (QED) is 0.896. The summed E-state index contributed by atoms with van der Waals surface area (Å²) in [4.78, 5) is 4.55. The molecule has 0 bridgehead atoms. The van der Waals surface area contributed by atoms with Gasteiger partial charge in [0.1, 0.15) is 0 Å². The Hall–Kier alpha value is -1.68. The number of pyridine rings is 1. The third-order valence-corrected chi connectivity index (χ3v) is 3.14. The van der Waals surface area contributed by atoms with E-state index in [1.165, 1.54) is 5.56 Å². The lowest BCUT2D eigenvalue weighted by molar-refractivity contribution is 0.568. The van der Waals surface area contributed by atoms with E-state index in [-0.39, 0.29) is 6.04 Å². The number of aromatic nitrogens is 3. The maximum atomic E-state index is 4.55. The second-order valence-corrected chi connectivity index (χ2v) is 4.50. The largest absolute Gasteiger partial charge is 0.305 e. The number of hydrogen-bond acceptors (Lipinski definition) is 3. The van der Waals surface area contributed by atoms with Crippen molar-refractivity contribution < 1.29 is 0 Å². The summed E-state index contributed by atoms with van der Waals surface area (Å²) in [6.07, 6.45) is 1.83. The lowest BCUT2D eigenvalue weighted by atomic mass is 10.0. The van der Waals surface area contributed by atoms with Crippen LogP contribution >= 0.6 is 0 Å². The van der Waals surface area contributed by atoms with Gasteiger partial charge in [-0.05, 0) is 38.1 Å². The molecule has 0 aliphatic carbocycles. The van der Waals surface area contributed by atoms with Crippen molar-refractivity contribution in [1.29, 1.82) is 0 Å². The van der Waals surface area contributed by atoms with E-state index >= 15 is 0 Å². The van der Waals surface area contributed by atoms with Crippen LogP contribution in [0.25, 0.3) is 0 Å². The monoisotopic (exact) mass is 244 g/mol. The summed E-state index contributed by atoms with van der Waals surface area (Å²) in [6.45, 7) is 7.09. The number of rotatable bonds is 4. The Morgan fingerprint density at radius 3 is 2.61 bits per heavy atom. The average Bonchev–Trinajstić information content (AvgIpc) is 2.73. The van der Waals surface area contributed by atoms with E-state index < -0.39 is 0 Å². The van der Waals surface area contributed by atoms with Crippen molar-refractivity contribution in [3.63, 3.8) is 0 Å². The van der Waals surface area contributed by atoms with Crippen molar-refractivity contribution in [1.82, 2.24) is 20.1 Å². The molecule has 0 saturated carbocycles. The molecule has 96 valence electrons. The summed E-state index contributed by atoms with van der Waals surface area (Å²) in [7, 11) is 1.97. The first-order chi connectivity index (χ1) is 8.63. The zero-order valence-corrected chi connectivity index (χ0v) is 11.4. The van der Waals surface area contributed by atoms with Crippen LogP contribution in [-0.4, -0.2) is 21.3 Å². The van der Waals surface area contributed by atoms with Crippen molar-refractivity contribution in [2.45, 2.75) is 26.8 Å². The average molecular weight is 244 g/mol. The van der Waals surface area contributed by atoms with Crippen LogP contribution in [-0.2, 0) is 7.05 Å². The molecule has 1 atom stereocenters. The molecule has 0 saturated heterocycles. The first-order valence-corrected chi connectivity index (χ1v) is 6.29. The summed E-state index contributed by atoms with van der Waals surface area (Å²) >= 11 is 0. The van der Waals surface area contributed by atoms with Crippen LogP contribution < -0.4 is 5.32 Å². The Balaban J connectivity index is 2.45. The van der Waals surface area contributed by atoms with E-state index in [9.17, 15) is 0 Å². The summed E-state index contributed by atoms with van der Waals surface area (Å²) in [5.41, 5.74) is 4.50. The van der Waals surface area contributed by atoms with Crippen molar-refractivity contribution in [2.75, 3.05) is 6.54 Å². The summed E-state index contributed by atoms with van der Waals surface area (Å²) in [6, 6.07) is 6.41. The molecular weight excluding hydrogens is 224 g/mol. The van der Waals surface area contributed by atoms with Crippen LogP contribution in [0.1, 0.15) is 35.6 Å². The van der Waals surface area contributed by atoms with Gasteiger partial charge in [-0.3, -0.25) is 9.67 Å². The number of nitrogens with one attached hydrogen (secondary N) is 1. The van der Waals surface area contributed by atoms with Crippen LogP contribution in [0.3, 0.4) is 0 Å². The summed E-state index contributed by atoms with van der Waals surface area (Å²) in [5.74, 6) is 0. The van der Waals surface area contributed by atoms with Gasteiger partial charge in [0.25, 0.3) is 0 Å². The van der Waals surface area contributed by atoms with Crippen LogP contribution in [0.2, 0.25) is 0 Å². The van der Waals surface area contributed by atoms with Gasteiger partial charge in [0, 0.05) is 24.6 Å². The molecule has 1 unspecified atom stereocenters. The molecule has 0 aliphatic heterocycles. The van der Waals surface area contributed by atoms with Crippen LogP contribution in [0.15, 0.2) is 24.4 Å². The molecule has 1 N–H and O–H groups in total. The maximum Gasteiger partial charge on any atom is 0.0765 e. The second kappa shape index (κ2) is 5.31. The Morgan fingerprint density at radius 1 is 1.28 bits per heavy atom. The summed E-state index contributed by atoms with van der Waals surface area (Å²) in [5, 5.41) is 7.75. The van der Waals surface area contributed by atoms with E-state index in [4.69, 9.17) is 0 Å². The molecule has 4 nitrogen and oxygen atoms in total. The Labute approximate surface area is 108 Å². The number of aryl methyl sites for hydroxylation is 3. The van der Waals surface area contributed by atoms with Crippen LogP contribution in [0.4, 0.5) is 0 Å². The fraction of sp³-hybridized carbons (Fsp3) is 0.429. The number of nitrogens with zero attached hydrogens (tertiary/aromatic N) is 3. The molecule has 0 aromatic carbocycles. The normalized spacial score (nSPS) is 12.7. The molecule has 4 heteroatoms. The van der Waals surface area contributed by atoms with E-state index in [1.54, 1.807) is 0 Å². The van der Waals surface area contributed by atoms with Gasteiger partial charge in [0.05, 0.1) is 11.7 Å².